The molecule has 0 unspecified atom stereocenters. The third-order valence-corrected chi connectivity index (χ3v) is 2.75. The lowest BCUT2D eigenvalue weighted by Gasteiger charge is -2.19. The first-order chi connectivity index (χ1) is 8.20. The number of pyridine rings is 1. The van der Waals surface area contributed by atoms with E-state index < -0.39 is 0 Å². The van der Waals surface area contributed by atoms with E-state index in [9.17, 15) is 4.79 Å². The smallest absolute Gasteiger partial charge is 0.273 e. The number of anilines is 1. The van der Waals surface area contributed by atoms with Crippen molar-refractivity contribution >= 4 is 11.6 Å². The summed E-state index contributed by atoms with van der Waals surface area (Å²) in [6.07, 6.45) is 9.13. The lowest BCUT2D eigenvalue weighted by atomic mass is 10.2. The van der Waals surface area contributed by atoms with Gasteiger partial charge in [0.15, 0.2) is 0 Å². The number of nitrogens with two attached hydrogens (primary N) is 1. The van der Waals surface area contributed by atoms with Crippen LogP contribution in [0.2, 0.25) is 0 Å². The van der Waals surface area contributed by atoms with Crippen molar-refractivity contribution in [1.82, 2.24) is 9.88 Å². The summed E-state index contributed by atoms with van der Waals surface area (Å²) in [6.45, 7) is 1.07. The number of rotatable bonds is 4. The summed E-state index contributed by atoms with van der Waals surface area (Å²) in [4.78, 5) is 17.8. The summed E-state index contributed by atoms with van der Waals surface area (Å²) in [5, 5.41) is 0. The Morgan fingerprint density at radius 1 is 1.59 bits per heavy atom. The minimum absolute atomic E-state index is 0.116. The fourth-order valence-corrected chi connectivity index (χ4v) is 1.64. The first kappa shape index (κ1) is 11.5. The number of aromatic nitrogens is 1. The van der Waals surface area contributed by atoms with E-state index in [4.69, 9.17) is 12.2 Å². The highest BCUT2D eigenvalue weighted by Crippen LogP contribution is 2.29. The molecule has 0 atom stereocenters. The van der Waals surface area contributed by atoms with Crippen LogP contribution in [0.15, 0.2) is 18.3 Å². The van der Waals surface area contributed by atoms with Gasteiger partial charge < -0.3 is 10.6 Å². The van der Waals surface area contributed by atoms with Gasteiger partial charge in [-0.05, 0) is 30.9 Å². The number of amides is 1. The molecule has 0 aliphatic heterocycles. The van der Waals surface area contributed by atoms with E-state index in [1.54, 1.807) is 17.0 Å². The molecule has 0 saturated heterocycles. The van der Waals surface area contributed by atoms with Gasteiger partial charge in [0, 0.05) is 6.54 Å². The van der Waals surface area contributed by atoms with Crippen molar-refractivity contribution in [1.29, 1.82) is 0 Å². The molecule has 2 N–H and O–H groups in total. The quantitative estimate of drug-likeness (QED) is 0.788. The Kier molecular flexibility index (Phi) is 3.29. The van der Waals surface area contributed by atoms with Crippen LogP contribution in [0.25, 0.3) is 0 Å². The molecule has 4 nitrogen and oxygen atoms in total. The molecule has 1 heterocycles. The van der Waals surface area contributed by atoms with Gasteiger partial charge in [-0.3, -0.25) is 4.79 Å². The van der Waals surface area contributed by atoms with Crippen LogP contribution in [0.4, 0.5) is 5.69 Å². The molecule has 2 rings (SSSR count). The van der Waals surface area contributed by atoms with Crippen LogP contribution in [0, 0.1) is 18.3 Å². The van der Waals surface area contributed by atoms with Crippen molar-refractivity contribution < 1.29 is 4.79 Å². The fraction of sp³-hybridized carbons (Fsp3) is 0.385. The molecular formula is C13H15N3O. The normalized spacial score (nSPS) is 14.1. The van der Waals surface area contributed by atoms with Gasteiger partial charge >= 0.3 is 0 Å². The zero-order chi connectivity index (χ0) is 12.3. The third-order valence-electron chi connectivity index (χ3n) is 2.75. The van der Waals surface area contributed by atoms with Gasteiger partial charge in [-0.1, -0.05) is 5.92 Å². The molecule has 1 amide bonds. The van der Waals surface area contributed by atoms with E-state index in [1.807, 2.05) is 0 Å². The van der Waals surface area contributed by atoms with E-state index >= 15 is 0 Å². The second kappa shape index (κ2) is 4.88. The lowest BCUT2D eigenvalue weighted by molar-refractivity contribution is 0.0764. The molecule has 0 aromatic carbocycles. The van der Waals surface area contributed by atoms with Gasteiger partial charge in [0.1, 0.15) is 5.69 Å². The van der Waals surface area contributed by atoms with Gasteiger partial charge in [0.05, 0.1) is 18.4 Å². The predicted molar refractivity (Wildman–Crippen MR) is 66.1 cm³/mol. The topological polar surface area (TPSA) is 59.2 Å². The molecule has 88 valence electrons. The largest absolute Gasteiger partial charge is 0.397 e. The zero-order valence-corrected chi connectivity index (χ0v) is 9.60. The monoisotopic (exact) mass is 229 g/mol. The van der Waals surface area contributed by atoms with Crippen LogP contribution in [0.1, 0.15) is 23.3 Å². The molecule has 17 heavy (non-hydrogen) atoms. The number of terminal acetylenes is 1. The number of nitrogen functional groups attached to an aromatic ring is 1. The van der Waals surface area contributed by atoms with Gasteiger partial charge in [0.25, 0.3) is 5.91 Å². The van der Waals surface area contributed by atoms with Crippen molar-refractivity contribution in [3.8, 4) is 12.3 Å². The van der Waals surface area contributed by atoms with E-state index in [2.05, 4.69) is 10.9 Å². The zero-order valence-electron chi connectivity index (χ0n) is 9.60. The van der Waals surface area contributed by atoms with Crippen LogP contribution in [0.3, 0.4) is 0 Å². The van der Waals surface area contributed by atoms with Crippen molar-refractivity contribution in [2.45, 2.75) is 12.8 Å². The van der Waals surface area contributed by atoms with Gasteiger partial charge in [0.2, 0.25) is 0 Å². The summed E-state index contributed by atoms with van der Waals surface area (Å²) in [5.41, 5.74) is 6.48. The molecule has 1 aromatic heterocycles. The Bertz CT molecular complexity index is 443. The second-order valence-corrected chi connectivity index (χ2v) is 4.31. The van der Waals surface area contributed by atoms with E-state index in [-0.39, 0.29) is 5.91 Å². The highest BCUT2D eigenvalue weighted by atomic mass is 16.2. The highest BCUT2D eigenvalue weighted by molar-refractivity contribution is 5.92. The predicted octanol–water partition coefficient (Wildman–Crippen LogP) is 1.15. The second-order valence-electron chi connectivity index (χ2n) is 4.31. The van der Waals surface area contributed by atoms with Crippen LogP contribution in [-0.2, 0) is 0 Å². The summed E-state index contributed by atoms with van der Waals surface area (Å²) in [7, 11) is 0. The minimum Gasteiger partial charge on any atom is -0.397 e. The number of hydrogen-bond acceptors (Lipinski definition) is 3. The molecular weight excluding hydrogens is 214 g/mol. The van der Waals surface area contributed by atoms with Crippen molar-refractivity contribution in [2.24, 2.45) is 5.92 Å². The molecule has 4 heteroatoms. The Hall–Kier alpha value is -2.02. The maximum atomic E-state index is 12.1. The molecule has 1 aliphatic rings. The summed E-state index contributed by atoms with van der Waals surface area (Å²) >= 11 is 0. The van der Waals surface area contributed by atoms with E-state index in [0.29, 0.717) is 23.8 Å². The summed E-state index contributed by atoms with van der Waals surface area (Å²) in [6, 6.07) is 3.31. The van der Waals surface area contributed by atoms with Crippen molar-refractivity contribution in [3.05, 3.63) is 24.0 Å². The Balaban J connectivity index is 2.09. The number of carbonyl (C=O) groups is 1. The van der Waals surface area contributed by atoms with Crippen LogP contribution < -0.4 is 5.73 Å². The van der Waals surface area contributed by atoms with Crippen molar-refractivity contribution in [2.75, 3.05) is 18.8 Å². The van der Waals surface area contributed by atoms with Crippen molar-refractivity contribution in [3.63, 3.8) is 0 Å². The van der Waals surface area contributed by atoms with E-state index in [1.165, 1.54) is 19.0 Å². The molecule has 1 aromatic rings. The van der Waals surface area contributed by atoms with E-state index in [0.717, 1.165) is 6.54 Å². The first-order valence-electron chi connectivity index (χ1n) is 5.65. The van der Waals surface area contributed by atoms with Crippen LogP contribution in [-0.4, -0.2) is 28.9 Å². The Morgan fingerprint density at radius 2 is 2.35 bits per heavy atom. The third kappa shape index (κ3) is 2.97. The SMILES string of the molecule is C#CCN(CC1CC1)C(=O)c1ccc(N)cn1. The minimum atomic E-state index is -0.116. The van der Waals surface area contributed by atoms with Gasteiger partial charge in [-0.25, -0.2) is 4.98 Å². The molecule has 1 fully saturated rings. The highest BCUT2D eigenvalue weighted by Gasteiger charge is 2.27. The number of hydrogen-bond donors (Lipinski definition) is 1. The molecule has 0 radical (unpaired) electrons. The van der Waals surface area contributed by atoms with Crippen LogP contribution >= 0.6 is 0 Å². The van der Waals surface area contributed by atoms with Crippen LogP contribution in [0.5, 0.6) is 0 Å². The maximum absolute atomic E-state index is 12.1. The Labute approximate surface area is 101 Å². The standard InChI is InChI=1S/C13H15N3O/c1-2-7-16(9-10-3-4-10)13(17)12-6-5-11(14)8-15-12/h1,5-6,8,10H,3-4,7,9,14H2. The average molecular weight is 229 g/mol. The Morgan fingerprint density at radius 3 is 2.88 bits per heavy atom. The molecule has 1 saturated carbocycles. The summed E-state index contributed by atoms with van der Waals surface area (Å²) in [5.74, 6) is 3.01. The van der Waals surface area contributed by atoms with Gasteiger partial charge in [-0.15, -0.1) is 6.42 Å². The first-order valence-corrected chi connectivity index (χ1v) is 5.65. The maximum Gasteiger partial charge on any atom is 0.273 e. The fourth-order valence-electron chi connectivity index (χ4n) is 1.64. The number of nitrogens with zero attached hydrogens (tertiary/aromatic N) is 2. The number of carbonyl (C=O) groups excluding carboxylic acids is 1. The average Bonchev–Trinajstić information content (AvgIpc) is 3.13. The molecule has 1 aliphatic carbocycles. The molecule has 0 spiro atoms. The molecule has 0 bridgehead atoms. The van der Waals surface area contributed by atoms with Gasteiger partial charge in [-0.2, -0.15) is 0 Å². The summed E-state index contributed by atoms with van der Waals surface area (Å²) < 4.78 is 0. The lowest BCUT2D eigenvalue weighted by Crippen LogP contribution is -2.33.